The van der Waals surface area contributed by atoms with E-state index in [1.165, 1.54) is 19.4 Å². The van der Waals surface area contributed by atoms with Gasteiger partial charge in [0.05, 0.1) is 31.7 Å². The smallest absolute Gasteiger partial charge is 0.144 e. The molecule has 0 N–H and O–H groups in total. The number of Topliss-reactive ketones (excluding diaryl/α,β-unsaturated/α-hetero) is 1. The zero-order valence-electron chi connectivity index (χ0n) is 10.9. The predicted octanol–water partition coefficient (Wildman–Crippen LogP) is 1.61. The summed E-state index contributed by atoms with van der Waals surface area (Å²) in [6.45, 7) is 7.47. The second-order valence-electron chi connectivity index (χ2n) is 6.02. The molecule has 0 unspecified atom stereocenters. The van der Waals surface area contributed by atoms with E-state index in [1.54, 1.807) is 0 Å². The van der Waals surface area contributed by atoms with Gasteiger partial charge in [-0.05, 0) is 26.2 Å². The number of fused-ring (bicyclic) bond motifs is 2. The van der Waals surface area contributed by atoms with Crippen molar-refractivity contribution in [1.82, 2.24) is 0 Å². The molecule has 1 heterocycles. The number of carbonyl (C=O) groups is 1. The highest BCUT2D eigenvalue weighted by Gasteiger charge is 2.51. The van der Waals surface area contributed by atoms with Gasteiger partial charge in [-0.25, -0.2) is 0 Å². The van der Waals surface area contributed by atoms with Gasteiger partial charge in [0.15, 0.2) is 0 Å². The Morgan fingerprint density at radius 3 is 2.59 bits per heavy atom. The van der Waals surface area contributed by atoms with Crippen molar-refractivity contribution in [3.05, 3.63) is 0 Å². The molecule has 2 bridgehead atoms. The van der Waals surface area contributed by atoms with E-state index in [0.29, 0.717) is 23.7 Å². The van der Waals surface area contributed by atoms with Crippen molar-refractivity contribution in [2.24, 2.45) is 11.8 Å². The van der Waals surface area contributed by atoms with Crippen molar-refractivity contribution in [2.45, 2.75) is 38.6 Å². The molecule has 0 aromatic carbocycles. The van der Waals surface area contributed by atoms with Gasteiger partial charge in [0.2, 0.25) is 0 Å². The first-order chi connectivity index (χ1) is 8.27. The van der Waals surface area contributed by atoms with Crippen molar-refractivity contribution in [1.29, 1.82) is 0 Å². The molecule has 96 valence electrons. The van der Waals surface area contributed by atoms with Crippen LogP contribution in [-0.4, -0.2) is 49.2 Å². The third-order valence-corrected chi connectivity index (χ3v) is 5.56. The van der Waals surface area contributed by atoms with Crippen molar-refractivity contribution < 1.29 is 14.0 Å². The molecular formula is C14H24NO2+. The summed E-state index contributed by atoms with van der Waals surface area (Å²) < 4.78 is 6.68. The molecule has 0 aromatic heterocycles. The first kappa shape index (κ1) is 11.7. The molecule has 3 rings (SSSR count). The van der Waals surface area contributed by atoms with Crippen LogP contribution in [-0.2, 0) is 9.53 Å². The summed E-state index contributed by atoms with van der Waals surface area (Å²) in [4.78, 5) is 12.3. The maximum absolute atomic E-state index is 12.3. The van der Waals surface area contributed by atoms with E-state index < -0.39 is 0 Å². The number of hydrogen-bond donors (Lipinski definition) is 0. The molecule has 1 aliphatic heterocycles. The number of quaternary nitrogens is 1. The van der Waals surface area contributed by atoms with Crippen molar-refractivity contribution >= 4 is 5.78 Å². The molecule has 2 saturated carbocycles. The minimum Gasteiger partial charge on any atom is -0.370 e. The molecular weight excluding hydrogens is 214 g/mol. The van der Waals surface area contributed by atoms with E-state index in [4.69, 9.17) is 4.74 Å². The monoisotopic (exact) mass is 238 g/mol. The quantitative estimate of drug-likeness (QED) is 0.683. The third kappa shape index (κ3) is 1.75. The Kier molecular flexibility index (Phi) is 2.99. The lowest BCUT2D eigenvalue weighted by Crippen LogP contribution is -2.64. The van der Waals surface area contributed by atoms with Crippen LogP contribution in [0.15, 0.2) is 0 Å². The lowest BCUT2D eigenvalue weighted by Gasteiger charge is -2.49. The number of carbonyl (C=O) groups excluding carboxylic acids is 1. The Balaban J connectivity index is 1.84. The minimum absolute atomic E-state index is 0.381. The number of hydrogen-bond acceptors (Lipinski definition) is 2. The molecule has 2 aliphatic carbocycles. The zero-order chi connectivity index (χ0) is 11.9. The summed E-state index contributed by atoms with van der Waals surface area (Å²) in [6, 6.07) is 0.607. The van der Waals surface area contributed by atoms with E-state index in [0.717, 1.165) is 43.6 Å². The SMILES string of the molecule is CC[N+]1([C@H]2CC[C@@H]3CC[C@@H]2C3=O)CCOCC1. The van der Waals surface area contributed by atoms with E-state index >= 15 is 0 Å². The number of rotatable bonds is 2. The maximum Gasteiger partial charge on any atom is 0.144 e. The van der Waals surface area contributed by atoms with Crippen LogP contribution in [0.25, 0.3) is 0 Å². The van der Waals surface area contributed by atoms with Gasteiger partial charge in [-0.15, -0.1) is 0 Å². The molecule has 0 amide bonds. The third-order valence-electron chi connectivity index (χ3n) is 5.56. The van der Waals surface area contributed by atoms with Gasteiger partial charge in [0, 0.05) is 12.3 Å². The second kappa shape index (κ2) is 4.36. The summed E-state index contributed by atoms with van der Waals surface area (Å²) in [5.41, 5.74) is 0. The van der Waals surface area contributed by atoms with Gasteiger partial charge in [-0.3, -0.25) is 4.79 Å². The fourth-order valence-electron chi connectivity index (χ4n) is 4.45. The van der Waals surface area contributed by atoms with Crippen molar-refractivity contribution in [3.8, 4) is 0 Å². The van der Waals surface area contributed by atoms with Crippen LogP contribution >= 0.6 is 0 Å². The highest BCUT2D eigenvalue weighted by molar-refractivity contribution is 5.86. The van der Waals surface area contributed by atoms with Crippen LogP contribution < -0.4 is 0 Å². The Morgan fingerprint density at radius 2 is 1.88 bits per heavy atom. The molecule has 17 heavy (non-hydrogen) atoms. The maximum atomic E-state index is 12.3. The van der Waals surface area contributed by atoms with Crippen molar-refractivity contribution in [3.63, 3.8) is 0 Å². The largest absolute Gasteiger partial charge is 0.370 e. The summed E-state index contributed by atoms with van der Waals surface area (Å²) in [7, 11) is 0. The van der Waals surface area contributed by atoms with E-state index in [1.807, 2.05) is 0 Å². The topological polar surface area (TPSA) is 26.3 Å². The number of morpholine rings is 1. The predicted molar refractivity (Wildman–Crippen MR) is 65.6 cm³/mol. The van der Waals surface area contributed by atoms with Crippen LogP contribution in [0.4, 0.5) is 0 Å². The van der Waals surface area contributed by atoms with Crippen LogP contribution in [0, 0.1) is 11.8 Å². The van der Waals surface area contributed by atoms with E-state index in [-0.39, 0.29) is 0 Å². The van der Waals surface area contributed by atoms with Gasteiger partial charge in [0.25, 0.3) is 0 Å². The lowest BCUT2D eigenvalue weighted by molar-refractivity contribution is -0.959. The fraction of sp³-hybridized carbons (Fsp3) is 0.929. The fourth-order valence-corrected chi connectivity index (χ4v) is 4.45. The average Bonchev–Trinajstić information content (AvgIpc) is 2.63. The Hall–Kier alpha value is -0.410. The molecule has 3 fully saturated rings. The zero-order valence-corrected chi connectivity index (χ0v) is 10.9. The number of likely N-dealkylation sites (N-methyl/N-ethyl adjacent to an activating group) is 1. The molecule has 0 radical (unpaired) electrons. The minimum atomic E-state index is 0.381. The van der Waals surface area contributed by atoms with Gasteiger partial charge in [-0.1, -0.05) is 0 Å². The summed E-state index contributed by atoms with van der Waals surface area (Å²) in [5, 5.41) is 0. The van der Waals surface area contributed by atoms with E-state index in [9.17, 15) is 4.79 Å². The van der Waals surface area contributed by atoms with Crippen LogP contribution in [0.2, 0.25) is 0 Å². The lowest BCUT2D eigenvalue weighted by atomic mass is 9.81. The summed E-state index contributed by atoms with van der Waals surface area (Å²) in [5.74, 6) is 1.40. The Bertz CT molecular complexity index is 309. The highest BCUT2D eigenvalue weighted by atomic mass is 16.5. The first-order valence-corrected chi connectivity index (χ1v) is 7.24. The van der Waals surface area contributed by atoms with Gasteiger partial charge >= 0.3 is 0 Å². The first-order valence-electron chi connectivity index (χ1n) is 7.24. The standard InChI is InChI=1S/C14H24NO2/c1-2-15(7-9-17-10-8-15)13-6-4-11-3-5-12(13)14(11)16/h11-13H,2-10H2,1H3/q+1/t11-,12-,13-/m0/s1. The Morgan fingerprint density at radius 1 is 1.18 bits per heavy atom. The second-order valence-corrected chi connectivity index (χ2v) is 6.02. The van der Waals surface area contributed by atoms with Crippen LogP contribution in [0.5, 0.6) is 0 Å². The molecule has 3 nitrogen and oxygen atoms in total. The molecule has 0 aromatic rings. The van der Waals surface area contributed by atoms with Gasteiger partial charge in [-0.2, -0.15) is 0 Å². The normalized spacial score (nSPS) is 40.5. The molecule has 3 aliphatic rings. The molecule has 3 heteroatoms. The number of ether oxygens (including phenoxy) is 1. The van der Waals surface area contributed by atoms with Crippen LogP contribution in [0.3, 0.4) is 0 Å². The van der Waals surface area contributed by atoms with Gasteiger partial charge < -0.3 is 9.22 Å². The van der Waals surface area contributed by atoms with E-state index in [2.05, 4.69) is 6.92 Å². The summed E-state index contributed by atoms with van der Waals surface area (Å²) in [6.07, 6.45) is 4.75. The highest BCUT2D eigenvalue weighted by Crippen LogP contribution is 2.43. The number of ketones is 1. The van der Waals surface area contributed by atoms with Crippen LogP contribution in [0.1, 0.15) is 32.6 Å². The number of nitrogens with zero attached hydrogens (tertiary/aromatic N) is 1. The summed E-state index contributed by atoms with van der Waals surface area (Å²) >= 11 is 0. The molecule has 0 spiro atoms. The molecule has 3 atom stereocenters. The van der Waals surface area contributed by atoms with Gasteiger partial charge in [0.1, 0.15) is 18.9 Å². The van der Waals surface area contributed by atoms with Crippen molar-refractivity contribution in [2.75, 3.05) is 32.8 Å². The molecule has 1 saturated heterocycles. The Labute approximate surface area is 104 Å². The average molecular weight is 238 g/mol.